The lowest BCUT2D eigenvalue weighted by molar-refractivity contribution is -0.198. The van der Waals surface area contributed by atoms with E-state index in [4.69, 9.17) is 37.9 Å². The van der Waals surface area contributed by atoms with Gasteiger partial charge in [-0.25, -0.2) is 0 Å². The third-order valence-corrected chi connectivity index (χ3v) is 6.68. The van der Waals surface area contributed by atoms with E-state index in [1.807, 2.05) is 13.8 Å². The van der Waals surface area contributed by atoms with Crippen LogP contribution in [0.3, 0.4) is 0 Å². The third kappa shape index (κ3) is 8.50. The summed E-state index contributed by atoms with van der Waals surface area (Å²) in [6.07, 6.45) is 4.04. The molecule has 9 nitrogen and oxygen atoms in total. The lowest BCUT2D eigenvalue weighted by Gasteiger charge is -2.37. The van der Waals surface area contributed by atoms with Gasteiger partial charge in [0.05, 0.1) is 37.1 Å². The van der Waals surface area contributed by atoms with Crippen molar-refractivity contribution in [2.75, 3.05) is 54.2 Å². The molecule has 9 heteroatoms. The molecule has 2 saturated heterocycles. The predicted molar refractivity (Wildman–Crippen MR) is 121 cm³/mol. The molecule has 2 aliphatic rings. The predicted octanol–water partition coefficient (Wildman–Crippen LogP) is 2.87. The van der Waals surface area contributed by atoms with Crippen LogP contribution in [0.4, 0.5) is 0 Å². The van der Waals surface area contributed by atoms with Crippen LogP contribution in [-0.2, 0) is 42.7 Å². The van der Waals surface area contributed by atoms with Gasteiger partial charge in [-0.1, -0.05) is 0 Å². The Hall–Kier alpha value is -0.650. The minimum Gasteiger partial charge on any atom is -0.379 e. The van der Waals surface area contributed by atoms with Gasteiger partial charge in [0.2, 0.25) is 0 Å². The molecule has 0 aliphatic carbocycles. The Morgan fingerprint density at radius 2 is 1.48 bits per heavy atom. The van der Waals surface area contributed by atoms with Gasteiger partial charge in [-0.2, -0.15) is 0 Å². The molecule has 194 valence electrons. The third-order valence-electron chi connectivity index (χ3n) is 6.68. The fourth-order valence-electron chi connectivity index (χ4n) is 4.52. The van der Waals surface area contributed by atoms with Gasteiger partial charge >= 0.3 is 0 Å². The molecule has 2 heterocycles. The number of methoxy groups -OCH3 is 2. The van der Waals surface area contributed by atoms with Crippen molar-refractivity contribution in [1.29, 1.82) is 0 Å². The largest absolute Gasteiger partial charge is 0.379 e. The van der Waals surface area contributed by atoms with Gasteiger partial charge in [0.25, 0.3) is 0 Å². The standard InChI is InChI=1S/C24H44O9/c1-6-28-14-15-29-13-7-8-21-23(2,30-17-26-4)11-9-20-19(32-21)10-12-24(3,31-18-27-5)22(16-25)33-20/h16,19-22H,6-15,17-18H2,1-5H3/t19-,20+,21+,22-,23-,24+/m0/s1. The minimum atomic E-state index is -0.757. The first-order valence-electron chi connectivity index (χ1n) is 12.1. The maximum absolute atomic E-state index is 11.9. The molecule has 2 rings (SSSR count). The van der Waals surface area contributed by atoms with E-state index >= 15 is 0 Å². The summed E-state index contributed by atoms with van der Waals surface area (Å²) in [5.41, 5.74) is -1.28. The van der Waals surface area contributed by atoms with Gasteiger partial charge in [-0.05, 0) is 59.3 Å². The van der Waals surface area contributed by atoms with Crippen molar-refractivity contribution >= 4 is 6.29 Å². The van der Waals surface area contributed by atoms with E-state index < -0.39 is 17.3 Å². The molecule has 0 bridgehead atoms. The van der Waals surface area contributed by atoms with Gasteiger partial charge in [-0.3, -0.25) is 0 Å². The minimum absolute atomic E-state index is 0.106. The number of hydrogen-bond donors (Lipinski definition) is 0. The fraction of sp³-hybridized carbons (Fsp3) is 0.958. The number of fused-ring (bicyclic) bond motifs is 1. The van der Waals surface area contributed by atoms with Crippen molar-refractivity contribution in [3.63, 3.8) is 0 Å². The van der Waals surface area contributed by atoms with Crippen molar-refractivity contribution < 1.29 is 42.7 Å². The van der Waals surface area contributed by atoms with E-state index in [2.05, 4.69) is 6.92 Å². The molecular formula is C24H44O9. The molecule has 2 fully saturated rings. The maximum Gasteiger partial charge on any atom is 0.151 e. The summed E-state index contributed by atoms with van der Waals surface area (Å²) in [4.78, 5) is 11.9. The number of rotatable bonds is 15. The summed E-state index contributed by atoms with van der Waals surface area (Å²) in [5.74, 6) is 0. The lowest BCUT2D eigenvalue weighted by atomic mass is 9.90. The molecule has 0 amide bonds. The highest BCUT2D eigenvalue weighted by Crippen LogP contribution is 2.40. The second-order valence-electron chi connectivity index (χ2n) is 9.15. The SMILES string of the molecule is CCOCCOCCC[C@H]1O[C@H]2CC[C@@](C)(OCOC)[C@H](C=O)O[C@@H]2CC[C@]1(C)OCOC. The van der Waals surface area contributed by atoms with Gasteiger partial charge < -0.3 is 42.7 Å². The van der Waals surface area contributed by atoms with Crippen LogP contribution >= 0.6 is 0 Å². The van der Waals surface area contributed by atoms with E-state index in [0.29, 0.717) is 32.8 Å². The van der Waals surface area contributed by atoms with E-state index in [-0.39, 0.29) is 31.9 Å². The summed E-state index contributed by atoms with van der Waals surface area (Å²) < 4.78 is 46.2. The summed E-state index contributed by atoms with van der Waals surface area (Å²) in [6, 6.07) is 0. The van der Waals surface area contributed by atoms with Gasteiger partial charge in [-0.15, -0.1) is 0 Å². The van der Waals surface area contributed by atoms with E-state index in [1.54, 1.807) is 14.2 Å². The number of aldehydes is 1. The van der Waals surface area contributed by atoms with Crippen molar-refractivity contribution in [2.45, 2.75) is 94.9 Å². The Kier molecular flexibility index (Phi) is 12.7. The highest BCUT2D eigenvalue weighted by Gasteiger charge is 2.48. The first kappa shape index (κ1) is 28.6. The van der Waals surface area contributed by atoms with E-state index in [1.165, 1.54) is 0 Å². The highest BCUT2D eigenvalue weighted by molar-refractivity contribution is 5.58. The molecule has 0 unspecified atom stereocenters. The fourth-order valence-corrected chi connectivity index (χ4v) is 4.52. The van der Waals surface area contributed by atoms with Crippen LogP contribution < -0.4 is 0 Å². The normalized spacial score (nSPS) is 34.9. The van der Waals surface area contributed by atoms with E-state index in [0.717, 1.165) is 38.4 Å². The van der Waals surface area contributed by atoms with E-state index in [9.17, 15) is 4.79 Å². The molecule has 33 heavy (non-hydrogen) atoms. The summed E-state index contributed by atoms with van der Waals surface area (Å²) in [6.45, 7) is 8.76. The topological polar surface area (TPSA) is 90.9 Å². The molecule has 0 aromatic heterocycles. The number of hydrogen-bond acceptors (Lipinski definition) is 9. The molecular weight excluding hydrogens is 432 g/mol. The Bertz CT molecular complexity index is 548. The summed E-state index contributed by atoms with van der Waals surface area (Å²) in [5, 5.41) is 0. The zero-order chi connectivity index (χ0) is 24.2. The zero-order valence-electron chi connectivity index (χ0n) is 21.0. The van der Waals surface area contributed by atoms with Crippen molar-refractivity contribution in [3.05, 3.63) is 0 Å². The summed E-state index contributed by atoms with van der Waals surface area (Å²) >= 11 is 0. The molecule has 6 atom stereocenters. The smallest absolute Gasteiger partial charge is 0.151 e. The maximum atomic E-state index is 11.9. The van der Waals surface area contributed by atoms with Gasteiger partial charge in [0.15, 0.2) is 6.29 Å². The van der Waals surface area contributed by atoms with Gasteiger partial charge in [0, 0.05) is 27.4 Å². The van der Waals surface area contributed by atoms with Crippen LogP contribution in [0.5, 0.6) is 0 Å². The van der Waals surface area contributed by atoms with Crippen molar-refractivity contribution in [1.82, 2.24) is 0 Å². The molecule has 0 spiro atoms. The van der Waals surface area contributed by atoms with Crippen LogP contribution in [0.1, 0.15) is 59.3 Å². The Morgan fingerprint density at radius 1 is 0.879 bits per heavy atom. The Balaban J connectivity index is 2.06. The molecule has 0 radical (unpaired) electrons. The first-order valence-corrected chi connectivity index (χ1v) is 12.1. The number of carbonyl (C=O) groups excluding carboxylic acids is 1. The van der Waals surface area contributed by atoms with Crippen LogP contribution in [0, 0.1) is 0 Å². The van der Waals surface area contributed by atoms with Crippen LogP contribution in [-0.4, -0.2) is 96.1 Å². The van der Waals surface area contributed by atoms with Crippen LogP contribution in [0.2, 0.25) is 0 Å². The quantitative estimate of drug-likeness (QED) is 0.201. The number of ether oxygens (including phenoxy) is 8. The van der Waals surface area contributed by atoms with Crippen LogP contribution in [0.15, 0.2) is 0 Å². The Labute approximate surface area is 198 Å². The molecule has 0 aromatic rings. The zero-order valence-corrected chi connectivity index (χ0v) is 21.0. The molecule has 0 N–H and O–H groups in total. The first-order chi connectivity index (χ1) is 15.9. The molecule has 2 aliphatic heterocycles. The molecule has 0 saturated carbocycles. The van der Waals surface area contributed by atoms with Gasteiger partial charge in [0.1, 0.15) is 25.3 Å². The Morgan fingerprint density at radius 3 is 2.12 bits per heavy atom. The second-order valence-corrected chi connectivity index (χ2v) is 9.15. The molecule has 0 aromatic carbocycles. The highest BCUT2D eigenvalue weighted by atomic mass is 16.7. The van der Waals surface area contributed by atoms with Crippen molar-refractivity contribution in [2.24, 2.45) is 0 Å². The van der Waals surface area contributed by atoms with Crippen molar-refractivity contribution in [3.8, 4) is 0 Å². The van der Waals surface area contributed by atoms with Crippen LogP contribution in [0.25, 0.3) is 0 Å². The number of carbonyl (C=O) groups is 1. The average Bonchev–Trinajstić information content (AvgIpc) is 3.03. The monoisotopic (exact) mass is 476 g/mol. The average molecular weight is 477 g/mol. The summed E-state index contributed by atoms with van der Waals surface area (Å²) in [7, 11) is 3.18. The second kappa shape index (κ2) is 14.7. The lowest BCUT2D eigenvalue weighted by Crippen LogP contribution is -2.45.